The molecule has 0 aliphatic heterocycles. The molecule has 2 aromatic rings. The summed E-state index contributed by atoms with van der Waals surface area (Å²) in [5.41, 5.74) is 0.254. The Bertz CT molecular complexity index is 805. The van der Waals surface area contributed by atoms with E-state index in [1.165, 1.54) is 30.3 Å². The van der Waals surface area contributed by atoms with E-state index >= 15 is 0 Å². The van der Waals surface area contributed by atoms with Crippen molar-refractivity contribution in [2.75, 3.05) is 10.6 Å². The Kier molecular flexibility index (Phi) is 5.67. The Hall–Kier alpha value is -3.42. The summed E-state index contributed by atoms with van der Waals surface area (Å²) in [4.78, 5) is 34.5. The molecule has 0 unspecified atom stereocenters. The molecular weight excluding hydrogens is 331 g/mol. The third-order valence-corrected chi connectivity index (χ3v) is 3.22. The summed E-state index contributed by atoms with van der Waals surface area (Å²) < 4.78 is 12.8. The van der Waals surface area contributed by atoms with Crippen molar-refractivity contribution >= 4 is 29.2 Å². The first-order valence-electron chi connectivity index (χ1n) is 7.27. The van der Waals surface area contributed by atoms with E-state index in [9.17, 15) is 23.9 Å². The number of carboxylic acid groups (broad SMARTS) is 1. The van der Waals surface area contributed by atoms with E-state index in [2.05, 4.69) is 10.6 Å². The number of amides is 2. The normalized spacial score (nSPS) is 10.1. The number of hydrogen-bond donors (Lipinski definition) is 4. The highest BCUT2D eigenvalue weighted by Crippen LogP contribution is 2.24. The van der Waals surface area contributed by atoms with Crippen molar-refractivity contribution in [3.05, 3.63) is 53.8 Å². The Labute approximate surface area is 142 Å². The molecule has 25 heavy (non-hydrogen) atoms. The number of nitrogens with one attached hydrogen (secondary N) is 2. The van der Waals surface area contributed by atoms with Crippen molar-refractivity contribution in [3.8, 4) is 5.75 Å². The molecule has 4 N–H and O–H groups in total. The Morgan fingerprint density at radius 1 is 0.920 bits per heavy atom. The number of anilines is 2. The lowest BCUT2D eigenvalue weighted by molar-refractivity contribution is -0.121. The topological polar surface area (TPSA) is 116 Å². The minimum absolute atomic E-state index is 0.0520. The summed E-state index contributed by atoms with van der Waals surface area (Å²) in [6.45, 7) is 0. The molecule has 0 aliphatic rings. The summed E-state index contributed by atoms with van der Waals surface area (Å²) in [7, 11) is 0. The van der Waals surface area contributed by atoms with Gasteiger partial charge in [-0.3, -0.25) is 9.59 Å². The molecule has 2 rings (SSSR count). The summed E-state index contributed by atoms with van der Waals surface area (Å²) in [6.07, 6.45) is -0.313. The van der Waals surface area contributed by atoms with Gasteiger partial charge in [0.05, 0.1) is 11.3 Å². The summed E-state index contributed by atoms with van der Waals surface area (Å²) in [5.74, 6) is -2.92. The smallest absolute Gasteiger partial charge is 0.335 e. The Balaban J connectivity index is 1.88. The van der Waals surface area contributed by atoms with Crippen LogP contribution in [0.3, 0.4) is 0 Å². The van der Waals surface area contributed by atoms with Crippen LogP contribution in [-0.4, -0.2) is 28.0 Å². The first-order valence-corrected chi connectivity index (χ1v) is 7.27. The van der Waals surface area contributed by atoms with Crippen LogP contribution < -0.4 is 10.6 Å². The maximum Gasteiger partial charge on any atom is 0.335 e. The minimum atomic E-state index is -1.20. The van der Waals surface area contributed by atoms with E-state index in [4.69, 9.17) is 5.11 Å². The van der Waals surface area contributed by atoms with Crippen LogP contribution in [-0.2, 0) is 9.59 Å². The van der Waals surface area contributed by atoms with Crippen LogP contribution in [0.4, 0.5) is 15.8 Å². The number of phenolic OH excluding ortho intramolecular Hbond substituents is 1. The van der Waals surface area contributed by atoms with Gasteiger partial charge in [-0.2, -0.15) is 0 Å². The van der Waals surface area contributed by atoms with Gasteiger partial charge >= 0.3 is 5.97 Å². The molecule has 0 radical (unpaired) electrons. The minimum Gasteiger partial charge on any atom is -0.506 e. The number of rotatable bonds is 6. The number of aromatic hydroxyl groups is 1. The number of halogens is 1. The van der Waals surface area contributed by atoms with Gasteiger partial charge in [-0.1, -0.05) is 0 Å². The van der Waals surface area contributed by atoms with Gasteiger partial charge in [0, 0.05) is 18.5 Å². The molecule has 0 fully saturated rings. The lowest BCUT2D eigenvalue weighted by Gasteiger charge is -2.09. The molecule has 0 aliphatic carbocycles. The van der Waals surface area contributed by atoms with Crippen molar-refractivity contribution in [1.82, 2.24) is 0 Å². The van der Waals surface area contributed by atoms with Gasteiger partial charge in [-0.25, -0.2) is 9.18 Å². The molecule has 0 heterocycles. The molecule has 2 aromatic carbocycles. The number of carboxylic acids is 1. The molecule has 8 heteroatoms. The summed E-state index contributed by atoms with van der Waals surface area (Å²) in [5, 5.41) is 23.4. The van der Waals surface area contributed by atoms with Crippen LogP contribution >= 0.6 is 0 Å². The highest BCUT2D eigenvalue weighted by Gasteiger charge is 2.12. The van der Waals surface area contributed by atoms with E-state index in [-0.39, 0.29) is 29.8 Å². The largest absolute Gasteiger partial charge is 0.506 e. The fourth-order valence-electron chi connectivity index (χ4n) is 1.97. The van der Waals surface area contributed by atoms with E-state index in [1.54, 1.807) is 0 Å². The lowest BCUT2D eigenvalue weighted by atomic mass is 10.2. The summed E-state index contributed by atoms with van der Waals surface area (Å²) >= 11 is 0. The highest BCUT2D eigenvalue weighted by atomic mass is 19.1. The number of hydrogen-bond acceptors (Lipinski definition) is 4. The van der Waals surface area contributed by atoms with Crippen molar-refractivity contribution in [3.63, 3.8) is 0 Å². The Morgan fingerprint density at radius 2 is 1.52 bits per heavy atom. The van der Waals surface area contributed by atoms with Crippen LogP contribution in [0.25, 0.3) is 0 Å². The highest BCUT2D eigenvalue weighted by molar-refractivity contribution is 5.98. The standard InChI is InChI=1S/C17H15FN2O5/c18-11-2-4-12(5-3-11)19-15(22)7-8-16(23)20-13-9-10(17(24)25)1-6-14(13)21/h1-6,9,21H,7-8H2,(H,19,22)(H,20,23)(H,24,25). The van der Waals surface area contributed by atoms with E-state index in [0.717, 1.165) is 12.1 Å². The predicted octanol–water partition coefficient (Wildman–Crippen LogP) is 2.59. The molecule has 0 spiro atoms. The molecule has 7 nitrogen and oxygen atoms in total. The maximum absolute atomic E-state index is 12.8. The van der Waals surface area contributed by atoms with Crippen molar-refractivity contribution in [2.45, 2.75) is 12.8 Å². The second-order valence-corrected chi connectivity index (χ2v) is 5.14. The van der Waals surface area contributed by atoms with Crippen LogP contribution in [0.1, 0.15) is 23.2 Å². The van der Waals surface area contributed by atoms with Gasteiger partial charge < -0.3 is 20.8 Å². The van der Waals surface area contributed by atoms with Gasteiger partial charge in [0.25, 0.3) is 0 Å². The van der Waals surface area contributed by atoms with E-state index in [0.29, 0.717) is 5.69 Å². The first-order chi connectivity index (χ1) is 11.8. The number of carbonyl (C=O) groups is 3. The van der Waals surface area contributed by atoms with Crippen molar-refractivity contribution in [2.24, 2.45) is 0 Å². The van der Waals surface area contributed by atoms with Gasteiger partial charge in [0.15, 0.2) is 0 Å². The second-order valence-electron chi connectivity index (χ2n) is 5.14. The van der Waals surface area contributed by atoms with Crippen LogP contribution in [0.5, 0.6) is 5.75 Å². The van der Waals surface area contributed by atoms with Crippen LogP contribution in [0, 0.1) is 5.82 Å². The quantitative estimate of drug-likeness (QED) is 0.600. The molecule has 0 atom stereocenters. The fourth-order valence-corrected chi connectivity index (χ4v) is 1.97. The lowest BCUT2D eigenvalue weighted by Crippen LogP contribution is -2.17. The second kappa shape index (κ2) is 7.91. The zero-order chi connectivity index (χ0) is 18.4. The predicted molar refractivity (Wildman–Crippen MR) is 88.0 cm³/mol. The number of phenols is 1. The molecule has 2 amide bonds. The average molecular weight is 346 g/mol. The number of benzene rings is 2. The monoisotopic (exact) mass is 346 g/mol. The summed E-state index contributed by atoms with van der Waals surface area (Å²) in [6, 6.07) is 8.64. The molecule has 130 valence electrons. The molecular formula is C17H15FN2O5. The van der Waals surface area contributed by atoms with Crippen molar-refractivity contribution in [1.29, 1.82) is 0 Å². The Morgan fingerprint density at radius 3 is 2.12 bits per heavy atom. The number of aromatic carboxylic acids is 1. The van der Waals surface area contributed by atoms with E-state index < -0.39 is 23.6 Å². The molecule has 0 saturated carbocycles. The van der Waals surface area contributed by atoms with Gasteiger partial charge in [-0.05, 0) is 42.5 Å². The SMILES string of the molecule is O=C(CCC(=O)Nc1cc(C(=O)O)ccc1O)Nc1ccc(F)cc1. The zero-order valence-corrected chi connectivity index (χ0v) is 13.0. The van der Waals surface area contributed by atoms with Crippen LogP contribution in [0.2, 0.25) is 0 Å². The first kappa shape index (κ1) is 17.9. The van der Waals surface area contributed by atoms with Gasteiger partial charge in [0.1, 0.15) is 11.6 Å². The van der Waals surface area contributed by atoms with Gasteiger partial charge in [0.2, 0.25) is 11.8 Å². The van der Waals surface area contributed by atoms with E-state index in [1.807, 2.05) is 0 Å². The third kappa shape index (κ3) is 5.31. The average Bonchev–Trinajstić information content (AvgIpc) is 2.57. The number of carbonyl (C=O) groups excluding carboxylic acids is 2. The third-order valence-electron chi connectivity index (χ3n) is 3.22. The molecule has 0 bridgehead atoms. The van der Waals surface area contributed by atoms with Crippen molar-refractivity contribution < 1.29 is 29.0 Å². The fraction of sp³-hybridized carbons (Fsp3) is 0.118. The zero-order valence-electron chi connectivity index (χ0n) is 13.0. The maximum atomic E-state index is 12.8. The van der Waals surface area contributed by atoms with Crippen LogP contribution in [0.15, 0.2) is 42.5 Å². The van der Waals surface area contributed by atoms with Gasteiger partial charge in [-0.15, -0.1) is 0 Å². The molecule has 0 aromatic heterocycles. The molecule has 0 saturated heterocycles.